The van der Waals surface area contributed by atoms with Gasteiger partial charge in [-0.15, -0.1) is 0 Å². The van der Waals surface area contributed by atoms with Gasteiger partial charge in [0.05, 0.1) is 0 Å². The molecule has 0 saturated carbocycles. The van der Waals surface area contributed by atoms with Gasteiger partial charge in [0.2, 0.25) is 0 Å². The van der Waals surface area contributed by atoms with Gasteiger partial charge in [0, 0.05) is 8.15 Å². The first-order chi connectivity index (χ1) is 5.54. The molecule has 1 N–H and O–H groups in total. The van der Waals surface area contributed by atoms with Crippen molar-refractivity contribution in [2.75, 3.05) is 13.3 Å². The number of rotatable bonds is 1. The second kappa shape index (κ2) is 7.84. The Labute approximate surface area is 93.9 Å². The normalized spacial score (nSPS) is 15.5. The SMILES string of the molecule is CP(C)O.[Br][Ir]([Br])[C]1=CC=CC1. The van der Waals surface area contributed by atoms with Crippen LogP contribution in [0, 0.1) is 0 Å². The van der Waals surface area contributed by atoms with Crippen LogP contribution in [0.3, 0.4) is 0 Å². The number of hydrogen-bond acceptors (Lipinski definition) is 1. The molecule has 0 radical (unpaired) electrons. The van der Waals surface area contributed by atoms with Crippen molar-refractivity contribution in [3.63, 3.8) is 0 Å². The molecule has 1 aliphatic rings. The monoisotopic (exact) mass is 494 g/mol. The molecule has 0 atom stereocenters. The van der Waals surface area contributed by atoms with Gasteiger partial charge >= 0.3 is 68.2 Å². The average Bonchev–Trinajstić information content (AvgIpc) is 2.34. The zero-order valence-corrected chi connectivity index (χ0v) is 13.4. The molecule has 0 saturated heterocycles. The quantitative estimate of drug-likeness (QED) is 0.551. The van der Waals surface area contributed by atoms with Gasteiger partial charge in [-0.1, -0.05) is 0 Å². The average molecular weight is 495 g/mol. The molecule has 0 heterocycles. The van der Waals surface area contributed by atoms with Crippen molar-refractivity contribution in [1.82, 2.24) is 0 Å². The molecule has 1 aliphatic carbocycles. The van der Waals surface area contributed by atoms with Crippen molar-refractivity contribution >= 4 is 35.1 Å². The van der Waals surface area contributed by atoms with E-state index in [1.54, 1.807) is 17.4 Å². The maximum atomic E-state index is 8.12. The summed E-state index contributed by atoms with van der Waals surface area (Å²) in [5.74, 6) is 0. The summed E-state index contributed by atoms with van der Waals surface area (Å²) in [6.45, 7) is 3.57. The summed E-state index contributed by atoms with van der Waals surface area (Å²) < 4.78 is 1.56. The van der Waals surface area contributed by atoms with E-state index in [2.05, 4.69) is 45.2 Å². The Morgan fingerprint density at radius 1 is 1.50 bits per heavy atom. The van der Waals surface area contributed by atoms with Crippen molar-refractivity contribution in [2.45, 2.75) is 6.42 Å². The molecule has 74 valence electrons. The van der Waals surface area contributed by atoms with Crippen molar-refractivity contribution in [2.24, 2.45) is 0 Å². The van der Waals surface area contributed by atoms with Crippen LogP contribution in [-0.4, -0.2) is 18.2 Å². The predicted octanol–water partition coefficient (Wildman–Crippen LogP) is 3.70. The van der Waals surface area contributed by atoms with Crippen LogP contribution >= 0.6 is 35.1 Å². The van der Waals surface area contributed by atoms with E-state index in [0.29, 0.717) is 0 Å². The number of hydrogen-bond donors (Lipinski definition) is 1. The first-order valence-electron chi connectivity index (χ1n) is 3.23. The van der Waals surface area contributed by atoms with Crippen LogP contribution in [0.2, 0.25) is 0 Å². The maximum absolute atomic E-state index is 8.12. The number of allylic oxidation sites excluding steroid dienone is 4. The van der Waals surface area contributed by atoms with Crippen molar-refractivity contribution in [3.05, 3.63) is 22.3 Å². The second-order valence-electron chi connectivity index (χ2n) is 2.24. The Kier molecular flexibility index (Phi) is 8.81. The van der Waals surface area contributed by atoms with Gasteiger partial charge in [-0.05, 0) is 13.3 Å². The molecule has 12 heavy (non-hydrogen) atoms. The third-order valence-corrected chi connectivity index (χ3v) is 8.48. The molecule has 1 rings (SSSR count). The molecule has 0 aromatic carbocycles. The topological polar surface area (TPSA) is 20.2 Å². The van der Waals surface area contributed by atoms with Crippen LogP contribution in [0.1, 0.15) is 6.42 Å². The Bertz CT molecular complexity index is 177. The summed E-state index contributed by atoms with van der Waals surface area (Å²) in [6.07, 6.45) is 7.65. The fourth-order valence-electron chi connectivity index (χ4n) is 0.505. The third-order valence-electron chi connectivity index (χ3n) is 0.871. The van der Waals surface area contributed by atoms with E-state index in [-0.39, 0.29) is 0 Å². The molecule has 1 nitrogen and oxygen atoms in total. The standard InChI is InChI=1S/C5H5.C2H7OP.2BrH.Ir/c1-2-4-5-3-1;1-4(2)3;;;/h1-3H,4H2;3H,1-2H3;2*1H;/q;;;;+2/p-2. The molecule has 0 fully saturated rings. The van der Waals surface area contributed by atoms with Gasteiger partial charge < -0.3 is 4.89 Å². The second-order valence-corrected chi connectivity index (χ2v) is 21.2. The summed E-state index contributed by atoms with van der Waals surface area (Å²) in [5, 5.41) is 0. The third kappa shape index (κ3) is 8.09. The summed E-state index contributed by atoms with van der Waals surface area (Å²) in [4.78, 5) is 8.12. The summed E-state index contributed by atoms with van der Waals surface area (Å²) >= 11 is 6.12. The van der Waals surface area contributed by atoms with Crippen LogP contribution in [0.25, 0.3) is 0 Å². The fourth-order valence-corrected chi connectivity index (χ4v) is 4.90. The van der Waals surface area contributed by atoms with Gasteiger partial charge in [0.1, 0.15) is 0 Å². The van der Waals surface area contributed by atoms with E-state index in [4.69, 9.17) is 4.89 Å². The van der Waals surface area contributed by atoms with E-state index >= 15 is 0 Å². The van der Waals surface area contributed by atoms with E-state index in [1.165, 1.54) is 0 Å². The Balaban J connectivity index is 0.000000261. The van der Waals surface area contributed by atoms with Gasteiger partial charge in [-0.25, -0.2) is 0 Å². The zero-order chi connectivity index (χ0) is 9.56. The Morgan fingerprint density at radius 3 is 2.17 bits per heavy atom. The predicted molar refractivity (Wildman–Crippen MR) is 60.7 cm³/mol. The van der Waals surface area contributed by atoms with E-state index in [1.807, 2.05) is 0 Å². The summed E-state index contributed by atoms with van der Waals surface area (Å²) in [6, 6.07) is 0. The van der Waals surface area contributed by atoms with Gasteiger partial charge in [0.15, 0.2) is 0 Å². The van der Waals surface area contributed by atoms with Crippen LogP contribution in [0.5, 0.6) is 0 Å². The Hall–Kier alpha value is 1.48. The van der Waals surface area contributed by atoms with Gasteiger partial charge in [-0.2, -0.15) is 0 Å². The molecule has 0 amide bonds. The molecule has 0 unspecified atom stereocenters. The van der Waals surface area contributed by atoms with Crippen LogP contribution in [0.4, 0.5) is 0 Å². The molecule has 0 bridgehead atoms. The van der Waals surface area contributed by atoms with Crippen molar-refractivity contribution in [1.29, 1.82) is 0 Å². The molecule has 0 spiro atoms. The zero-order valence-electron chi connectivity index (χ0n) is 6.92. The number of halogens is 2. The van der Waals surface area contributed by atoms with Crippen molar-refractivity contribution < 1.29 is 17.4 Å². The van der Waals surface area contributed by atoms with E-state index < -0.39 is 20.6 Å². The van der Waals surface area contributed by atoms with Gasteiger partial charge in [0.25, 0.3) is 0 Å². The summed E-state index contributed by atoms with van der Waals surface area (Å²) in [7, 11) is -0.620. The molecular weight excluding hydrogens is 483 g/mol. The minimum atomic E-state index is -1.03. The van der Waals surface area contributed by atoms with Gasteiger partial charge in [-0.3, -0.25) is 0 Å². The van der Waals surface area contributed by atoms with E-state index in [9.17, 15) is 0 Å². The first kappa shape index (κ1) is 13.5. The minimum absolute atomic E-state index is 0.620. The van der Waals surface area contributed by atoms with Crippen LogP contribution < -0.4 is 0 Å². The summed E-state index contributed by atoms with van der Waals surface area (Å²) in [5.41, 5.74) is 0. The van der Waals surface area contributed by atoms with Crippen LogP contribution in [-0.2, 0) is 12.5 Å². The molecule has 5 heteroatoms. The Morgan fingerprint density at radius 2 is 2.00 bits per heavy atom. The van der Waals surface area contributed by atoms with Crippen LogP contribution in [0.15, 0.2) is 22.3 Å². The fraction of sp³-hybridized carbons (Fsp3) is 0.429. The molecule has 0 aliphatic heterocycles. The molecular formula is C7H12Br2IrOP. The first-order valence-corrected chi connectivity index (χ1v) is 17.1. The van der Waals surface area contributed by atoms with Crippen molar-refractivity contribution in [3.8, 4) is 0 Å². The molecule has 0 aromatic heterocycles. The van der Waals surface area contributed by atoms with E-state index in [0.717, 1.165) is 6.42 Å². The molecule has 0 aromatic rings.